The Labute approximate surface area is 148 Å². The first-order valence-corrected chi connectivity index (χ1v) is 8.60. The van der Waals surface area contributed by atoms with Crippen LogP contribution in [0.4, 0.5) is 5.13 Å². The lowest BCUT2D eigenvalue weighted by molar-refractivity contribution is 0.102. The second-order valence-electron chi connectivity index (χ2n) is 5.84. The van der Waals surface area contributed by atoms with Crippen molar-refractivity contribution in [3.05, 3.63) is 65.7 Å². The summed E-state index contributed by atoms with van der Waals surface area (Å²) in [6, 6.07) is 11.4. The third-order valence-corrected chi connectivity index (χ3v) is 4.83. The molecule has 2 aromatic heterocycles. The van der Waals surface area contributed by atoms with Crippen LogP contribution in [0.5, 0.6) is 0 Å². The molecule has 25 heavy (non-hydrogen) atoms. The highest BCUT2D eigenvalue weighted by atomic mass is 32.1. The van der Waals surface area contributed by atoms with Crippen molar-refractivity contribution in [3.63, 3.8) is 0 Å². The minimum atomic E-state index is -0.183. The SMILES string of the molecule is Cc1cc(C)c2nc(NC(=O)c3ccc(-c4cnco4)cc3)sc2c1. The van der Waals surface area contributed by atoms with Gasteiger partial charge < -0.3 is 4.42 Å². The Balaban J connectivity index is 1.56. The number of amides is 1. The second kappa shape index (κ2) is 6.14. The van der Waals surface area contributed by atoms with Crippen molar-refractivity contribution in [2.45, 2.75) is 13.8 Å². The molecule has 2 heterocycles. The van der Waals surface area contributed by atoms with E-state index in [1.807, 2.05) is 19.1 Å². The average Bonchev–Trinajstić information content (AvgIpc) is 3.24. The van der Waals surface area contributed by atoms with Crippen LogP contribution < -0.4 is 5.32 Å². The van der Waals surface area contributed by atoms with Gasteiger partial charge in [0.1, 0.15) is 0 Å². The van der Waals surface area contributed by atoms with Crippen LogP contribution in [-0.4, -0.2) is 15.9 Å². The van der Waals surface area contributed by atoms with Crippen molar-refractivity contribution < 1.29 is 9.21 Å². The number of anilines is 1. The van der Waals surface area contributed by atoms with Gasteiger partial charge in [0.05, 0.1) is 16.4 Å². The second-order valence-corrected chi connectivity index (χ2v) is 6.88. The number of carbonyl (C=O) groups is 1. The van der Waals surface area contributed by atoms with Gasteiger partial charge in [-0.1, -0.05) is 29.5 Å². The molecular weight excluding hydrogens is 334 g/mol. The molecule has 6 heteroatoms. The van der Waals surface area contributed by atoms with E-state index in [1.54, 1.807) is 18.3 Å². The first-order chi connectivity index (χ1) is 12.1. The van der Waals surface area contributed by atoms with Crippen LogP contribution in [0.25, 0.3) is 21.5 Å². The number of aromatic nitrogens is 2. The van der Waals surface area contributed by atoms with Gasteiger partial charge in [-0.05, 0) is 43.2 Å². The van der Waals surface area contributed by atoms with Gasteiger partial charge in [0, 0.05) is 11.1 Å². The smallest absolute Gasteiger partial charge is 0.257 e. The molecule has 0 aliphatic carbocycles. The molecule has 0 aliphatic rings. The topological polar surface area (TPSA) is 68.0 Å². The molecule has 0 saturated carbocycles. The quantitative estimate of drug-likeness (QED) is 0.576. The van der Waals surface area contributed by atoms with Gasteiger partial charge in [-0.25, -0.2) is 9.97 Å². The Kier molecular flexibility index (Phi) is 3.82. The van der Waals surface area contributed by atoms with Crippen molar-refractivity contribution in [3.8, 4) is 11.3 Å². The number of hydrogen-bond acceptors (Lipinski definition) is 5. The van der Waals surface area contributed by atoms with Crippen LogP contribution >= 0.6 is 11.3 Å². The van der Waals surface area contributed by atoms with Gasteiger partial charge in [0.2, 0.25) is 0 Å². The number of nitrogens with one attached hydrogen (secondary N) is 1. The maximum absolute atomic E-state index is 12.5. The molecule has 4 aromatic rings. The number of thiazole rings is 1. The van der Waals surface area contributed by atoms with Crippen LogP contribution in [-0.2, 0) is 0 Å². The molecule has 0 radical (unpaired) electrons. The number of nitrogens with zero attached hydrogens (tertiary/aromatic N) is 2. The summed E-state index contributed by atoms with van der Waals surface area (Å²) in [6.45, 7) is 4.09. The van der Waals surface area contributed by atoms with Crippen molar-refractivity contribution in [2.75, 3.05) is 5.32 Å². The van der Waals surface area contributed by atoms with Gasteiger partial charge in [-0.15, -0.1) is 0 Å². The molecule has 0 bridgehead atoms. The third kappa shape index (κ3) is 3.04. The van der Waals surface area contributed by atoms with Crippen molar-refractivity contribution in [2.24, 2.45) is 0 Å². The van der Waals surface area contributed by atoms with Crippen LogP contribution in [0.1, 0.15) is 21.5 Å². The van der Waals surface area contributed by atoms with Crippen LogP contribution in [0.2, 0.25) is 0 Å². The molecule has 1 N–H and O–H groups in total. The number of aryl methyl sites for hydroxylation is 2. The van der Waals surface area contributed by atoms with Gasteiger partial charge in [-0.3, -0.25) is 10.1 Å². The predicted molar refractivity (Wildman–Crippen MR) is 99.0 cm³/mol. The Bertz CT molecular complexity index is 1050. The summed E-state index contributed by atoms with van der Waals surface area (Å²) in [6.07, 6.45) is 3.02. The van der Waals surface area contributed by atoms with E-state index >= 15 is 0 Å². The largest absolute Gasteiger partial charge is 0.444 e. The number of rotatable bonds is 3. The van der Waals surface area contributed by atoms with Crippen molar-refractivity contribution in [1.29, 1.82) is 0 Å². The minimum Gasteiger partial charge on any atom is -0.444 e. The lowest BCUT2D eigenvalue weighted by Crippen LogP contribution is -2.11. The summed E-state index contributed by atoms with van der Waals surface area (Å²) in [5.41, 5.74) is 4.68. The number of hydrogen-bond donors (Lipinski definition) is 1. The van der Waals surface area contributed by atoms with E-state index < -0.39 is 0 Å². The minimum absolute atomic E-state index is 0.183. The molecule has 0 unspecified atom stereocenters. The molecule has 1 amide bonds. The Hall–Kier alpha value is -2.99. The zero-order valence-corrected chi connectivity index (χ0v) is 14.6. The van der Waals surface area contributed by atoms with E-state index in [0.717, 1.165) is 21.3 Å². The highest BCUT2D eigenvalue weighted by Gasteiger charge is 2.12. The van der Waals surface area contributed by atoms with Crippen LogP contribution in [0.15, 0.2) is 53.4 Å². The van der Waals surface area contributed by atoms with Gasteiger partial charge >= 0.3 is 0 Å². The standard InChI is InChI=1S/C19H15N3O2S/c1-11-7-12(2)17-16(8-11)25-19(21-17)22-18(23)14-5-3-13(4-6-14)15-9-20-10-24-15/h3-10H,1-2H3,(H,21,22,23). The molecule has 2 aromatic carbocycles. The highest BCUT2D eigenvalue weighted by Crippen LogP contribution is 2.29. The fourth-order valence-electron chi connectivity index (χ4n) is 2.74. The Morgan fingerprint density at radius 3 is 2.68 bits per heavy atom. The summed E-state index contributed by atoms with van der Waals surface area (Å²) >= 11 is 1.48. The van der Waals surface area contributed by atoms with Crippen LogP contribution in [0.3, 0.4) is 0 Å². The number of carbonyl (C=O) groups excluding carboxylic acids is 1. The molecule has 0 spiro atoms. The van der Waals surface area contributed by atoms with Gasteiger partial charge in [0.25, 0.3) is 5.91 Å². The number of oxazole rings is 1. The van der Waals surface area contributed by atoms with Gasteiger partial charge in [0.15, 0.2) is 17.3 Å². The maximum atomic E-state index is 12.5. The van der Waals surface area contributed by atoms with Crippen molar-refractivity contribution in [1.82, 2.24) is 9.97 Å². The first kappa shape index (κ1) is 15.5. The van der Waals surface area contributed by atoms with Crippen LogP contribution in [0, 0.1) is 13.8 Å². The summed E-state index contributed by atoms with van der Waals surface area (Å²) in [5, 5.41) is 3.49. The molecule has 0 aliphatic heterocycles. The number of fused-ring (bicyclic) bond motifs is 1. The molecule has 5 nitrogen and oxygen atoms in total. The molecule has 124 valence electrons. The summed E-state index contributed by atoms with van der Waals surface area (Å²) < 4.78 is 6.33. The van der Waals surface area contributed by atoms with Gasteiger partial charge in [-0.2, -0.15) is 0 Å². The Morgan fingerprint density at radius 1 is 1.16 bits per heavy atom. The van der Waals surface area contributed by atoms with E-state index in [1.165, 1.54) is 23.3 Å². The Morgan fingerprint density at radius 2 is 1.96 bits per heavy atom. The summed E-state index contributed by atoms with van der Waals surface area (Å²) in [5.74, 6) is 0.488. The summed E-state index contributed by atoms with van der Waals surface area (Å²) in [4.78, 5) is 20.9. The maximum Gasteiger partial charge on any atom is 0.257 e. The monoisotopic (exact) mass is 349 g/mol. The normalized spacial score (nSPS) is 11.0. The average molecular weight is 349 g/mol. The third-order valence-electron chi connectivity index (χ3n) is 3.91. The van der Waals surface area contributed by atoms with E-state index in [-0.39, 0.29) is 5.91 Å². The lowest BCUT2D eigenvalue weighted by Gasteiger charge is -2.02. The zero-order chi connectivity index (χ0) is 17.4. The molecule has 4 rings (SSSR count). The lowest BCUT2D eigenvalue weighted by atomic mass is 10.1. The van der Waals surface area contributed by atoms with Crippen molar-refractivity contribution >= 4 is 32.6 Å². The highest BCUT2D eigenvalue weighted by molar-refractivity contribution is 7.22. The fourth-order valence-corrected chi connectivity index (χ4v) is 3.77. The fraction of sp³-hybridized carbons (Fsp3) is 0.105. The molecule has 0 fully saturated rings. The summed E-state index contributed by atoms with van der Waals surface area (Å²) in [7, 11) is 0. The molecule has 0 atom stereocenters. The van der Waals surface area contributed by atoms with E-state index in [9.17, 15) is 4.79 Å². The zero-order valence-electron chi connectivity index (χ0n) is 13.7. The predicted octanol–water partition coefficient (Wildman–Crippen LogP) is 4.82. The first-order valence-electron chi connectivity index (χ1n) is 7.78. The van der Waals surface area contributed by atoms with E-state index in [2.05, 4.69) is 34.3 Å². The molecule has 0 saturated heterocycles. The van der Waals surface area contributed by atoms with E-state index in [4.69, 9.17) is 4.42 Å². The van der Waals surface area contributed by atoms with E-state index in [0.29, 0.717) is 16.5 Å². The molecular formula is C19H15N3O2S. The number of benzene rings is 2.